The predicted octanol–water partition coefficient (Wildman–Crippen LogP) is 2.56. The molecule has 0 saturated carbocycles. The first-order valence-corrected chi connectivity index (χ1v) is 11.4. The van der Waals surface area contributed by atoms with Gasteiger partial charge in [0.1, 0.15) is 5.69 Å². The van der Waals surface area contributed by atoms with E-state index in [2.05, 4.69) is 4.98 Å². The second kappa shape index (κ2) is 9.60. The van der Waals surface area contributed by atoms with E-state index in [1.54, 1.807) is 9.80 Å². The normalized spacial score (nSPS) is 17.6. The van der Waals surface area contributed by atoms with Crippen molar-refractivity contribution < 1.29 is 23.9 Å². The number of ether oxygens (including phenoxy) is 1. The predicted molar refractivity (Wildman–Crippen MR) is 121 cm³/mol. The molecule has 2 aliphatic heterocycles. The van der Waals surface area contributed by atoms with Gasteiger partial charge in [-0.25, -0.2) is 0 Å². The van der Waals surface area contributed by atoms with Crippen molar-refractivity contribution in [2.45, 2.75) is 38.0 Å². The maximum absolute atomic E-state index is 13.3. The summed E-state index contributed by atoms with van der Waals surface area (Å²) in [7, 11) is 0. The summed E-state index contributed by atoms with van der Waals surface area (Å²) in [6.07, 6.45) is 4.32. The number of nitrogens with zero attached hydrogens (tertiary/aromatic N) is 2. The third-order valence-corrected chi connectivity index (χ3v) is 6.74. The molecule has 1 aromatic carbocycles. The van der Waals surface area contributed by atoms with E-state index in [1.165, 1.54) is 19.2 Å². The number of nitrogens with one attached hydrogen (secondary N) is 1. The van der Waals surface area contributed by atoms with Gasteiger partial charge in [-0.05, 0) is 37.3 Å². The third-order valence-electron chi connectivity index (χ3n) is 6.74. The van der Waals surface area contributed by atoms with Gasteiger partial charge in [-0.15, -0.1) is 0 Å². The van der Waals surface area contributed by atoms with Gasteiger partial charge in [0.2, 0.25) is 11.7 Å². The second-order valence-electron chi connectivity index (χ2n) is 8.75. The Morgan fingerprint density at radius 1 is 0.970 bits per heavy atom. The van der Waals surface area contributed by atoms with Crippen LogP contribution in [0.5, 0.6) is 0 Å². The SMILES string of the molecule is CC(=O)N1CCC(C(=O)OCC(=O)c2c[nH]c(C(=O)N3CCCC3)c2)(c2ccccc2)CC1. The van der Waals surface area contributed by atoms with E-state index >= 15 is 0 Å². The van der Waals surface area contributed by atoms with Crippen LogP contribution >= 0.6 is 0 Å². The maximum Gasteiger partial charge on any atom is 0.317 e. The first-order valence-electron chi connectivity index (χ1n) is 11.4. The molecule has 2 saturated heterocycles. The molecule has 0 spiro atoms. The summed E-state index contributed by atoms with van der Waals surface area (Å²) in [5.74, 6) is -0.977. The van der Waals surface area contributed by atoms with E-state index in [-0.39, 0.29) is 17.6 Å². The smallest absolute Gasteiger partial charge is 0.317 e. The maximum atomic E-state index is 13.3. The zero-order valence-electron chi connectivity index (χ0n) is 18.8. The van der Waals surface area contributed by atoms with Crippen LogP contribution in [-0.4, -0.2) is 71.1 Å². The van der Waals surface area contributed by atoms with Crippen LogP contribution in [0.1, 0.15) is 59.0 Å². The van der Waals surface area contributed by atoms with Crippen molar-refractivity contribution in [3.63, 3.8) is 0 Å². The van der Waals surface area contributed by atoms with Crippen LogP contribution in [0.2, 0.25) is 0 Å². The summed E-state index contributed by atoms with van der Waals surface area (Å²) in [6, 6.07) is 10.9. The van der Waals surface area contributed by atoms with Crippen molar-refractivity contribution in [1.29, 1.82) is 0 Å². The first-order chi connectivity index (χ1) is 15.9. The van der Waals surface area contributed by atoms with Gasteiger partial charge in [0.25, 0.3) is 5.91 Å². The topological polar surface area (TPSA) is 99.8 Å². The summed E-state index contributed by atoms with van der Waals surface area (Å²) in [5, 5.41) is 0. The van der Waals surface area contributed by atoms with Crippen LogP contribution in [0, 0.1) is 0 Å². The Hall–Kier alpha value is -3.42. The van der Waals surface area contributed by atoms with E-state index in [0.717, 1.165) is 31.5 Å². The molecule has 2 amide bonds. The zero-order chi connectivity index (χ0) is 23.4. The quantitative estimate of drug-likeness (QED) is 0.538. The van der Waals surface area contributed by atoms with Crippen LogP contribution in [-0.2, 0) is 19.7 Å². The van der Waals surface area contributed by atoms with Gasteiger partial charge in [0.15, 0.2) is 6.61 Å². The van der Waals surface area contributed by atoms with E-state index in [0.29, 0.717) is 37.2 Å². The molecule has 1 aromatic heterocycles. The number of rotatable bonds is 6. The number of Topliss-reactive ketones (excluding diaryl/α,β-unsaturated/α-hetero) is 1. The summed E-state index contributed by atoms with van der Waals surface area (Å²) < 4.78 is 5.52. The lowest BCUT2D eigenvalue weighted by atomic mass is 9.72. The number of aromatic nitrogens is 1. The van der Waals surface area contributed by atoms with Gasteiger partial charge in [-0.1, -0.05) is 30.3 Å². The average molecular weight is 452 g/mol. The molecule has 1 N–H and O–H groups in total. The molecule has 3 heterocycles. The van der Waals surface area contributed by atoms with E-state index in [1.807, 2.05) is 30.3 Å². The Labute approximate surface area is 192 Å². The molecule has 0 bridgehead atoms. The lowest BCUT2D eigenvalue weighted by molar-refractivity contribution is -0.153. The Morgan fingerprint density at radius 3 is 2.27 bits per heavy atom. The Balaban J connectivity index is 1.43. The minimum absolute atomic E-state index is 0.0213. The fourth-order valence-corrected chi connectivity index (χ4v) is 4.69. The highest BCUT2D eigenvalue weighted by molar-refractivity contribution is 6.01. The number of benzene rings is 1. The number of likely N-dealkylation sites (tertiary alicyclic amines) is 2. The van der Waals surface area contributed by atoms with Crippen LogP contribution in [0.3, 0.4) is 0 Å². The highest BCUT2D eigenvalue weighted by Crippen LogP contribution is 2.37. The molecular weight excluding hydrogens is 422 g/mol. The Morgan fingerprint density at radius 2 is 1.64 bits per heavy atom. The number of hydrogen-bond donors (Lipinski definition) is 1. The number of amides is 2. The molecule has 8 nitrogen and oxygen atoms in total. The molecule has 8 heteroatoms. The number of ketones is 1. The Kier molecular flexibility index (Phi) is 6.62. The number of carbonyl (C=O) groups is 4. The highest BCUT2D eigenvalue weighted by Gasteiger charge is 2.45. The number of esters is 1. The fourth-order valence-electron chi connectivity index (χ4n) is 4.69. The largest absolute Gasteiger partial charge is 0.457 e. The Bertz CT molecular complexity index is 1030. The van der Waals surface area contributed by atoms with Gasteiger partial charge in [-0.2, -0.15) is 0 Å². The lowest BCUT2D eigenvalue weighted by Gasteiger charge is -2.40. The molecule has 4 rings (SSSR count). The summed E-state index contributed by atoms with van der Waals surface area (Å²) in [6.45, 7) is 3.47. The van der Waals surface area contributed by atoms with Crippen LogP contribution in [0.15, 0.2) is 42.6 Å². The molecule has 2 fully saturated rings. The van der Waals surface area contributed by atoms with E-state index in [9.17, 15) is 19.2 Å². The van der Waals surface area contributed by atoms with Crippen LogP contribution in [0.4, 0.5) is 0 Å². The summed E-state index contributed by atoms with van der Waals surface area (Å²) in [5.41, 5.74) is 0.600. The monoisotopic (exact) mass is 451 g/mol. The minimum atomic E-state index is -0.900. The molecule has 2 aromatic rings. The molecule has 174 valence electrons. The summed E-state index contributed by atoms with van der Waals surface area (Å²) >= 11 is 0. The molecule has 0 unspecified atom stereocenters. The highest BCUT2D eigenvalue weighted by atomic mass is 16.5. The number of aromatic amines is 1. The first kappa shape index (κ1) is 22.8. The van der Waals surface area contributed by atoms with Crippen molar-refractivity contribution in [1.82, 2.24) is 14.8 Å². The molecule has 33 heavy (non-hydrogen) atoms. The molecule has 2 aliphatic rings. The van der Waals surface area contributed by atoms with Crippen molar-refractivity contribution in [3.05, 3.63) is 59.4 Å². The molecule has 0 atom stereocenters. The number of H-pyrrole nitrogens is 1. The van der Waals surface area contributed by atoms with Crippen LogP contribution < -0.4 is 0 Å². The molecule has 0 radical (unpaired) electrons. The van der Waals surface area contributed by atoms with Gasteiger partial charge in [0, 0.05) is 44.9 Å². The molecular formula is C25H29N3O5. The van der Waals surface area contributed by atoms with Crippen molar-refractivity contribution in [2.75, 3.05) is 32.8 Å². The van der Waals surface area contributed by atoms with E-state index < -0.39 is 18.0 Å². The van der Waals surface area contributed by atoms with Crippen molar-refractivity contribution in [2.24, 2.45) is 0 Å². The standard InChI is InChI=1S/C25H29N3O5/c1-18(29)27-13-9-25(10-14-27,20-7-3-2-4-8-20)24(32)33-17-22(30)19-15-21(26-16-19)23(31)28-11-5-6-12-28/h2-4,7-8,15-16,26H,5-6,9-14,17H2,1H3. The average Bonchev–Trinajstić information content (AvgIpc) is 3.55. The zero-order valence-corrected chi connectivity index (χ0v) is 18.8. The van der Waals surface area contributed by atoms with Crippen LogP contribution in [0.25, 0.3) is 0 Å². The van der Waals surface area contributed by atoms with Crippen molar-refractivity contribution >= 4 is 23.6 Å². The van der Waals surface area contributed by atoms with Gasteiger partial charge >= 0.3 is 5.97 Å². The van der Waals surface area contributed by atoms with Crippen molar-refractivity contribution in [3.8, 4) is 0 Å². The number of carbonyl (C=O) groups excluding carboxylic acids is 4. The summed E-state index contributed by atoms with van der Waals surface area (Å²) in [4.78, 5) is 56.6. The van der Waals surface area contributed by atoms with Gasteiger partial charge in [-0.3, -0.25) is 19.2 Å². The number of hydrogen-bond acceptors (Lipinski definition) is 5. The fraction of sp³-hybridized carbons (Fsp3) is 0.440. The lowest BCUT2D eigenvalue weighted by Crippen LogP contribution is -2.49. The van der Waals surface area contributed by atoms with E-state index in [4.69, 9.17) is 4.74 Å². The van der Waals surface area contributed by atoms with Gasteiger partial charge < -0.3 is 19.5 Å². The number of piperidine rings is 1. The van der Waals surface area contributed by atoms with Gasteiger partial charge in [0.05, 0.1) is 5.41 Å². The molecule has 0 aliphatic carbocycles. The minimum Gasteiger partial charge on any atom is -0.457 e. The third kappa shape index (κ3) is 4.69. The second-order valence-corrected chi connectivity index (χ2v) is 8.75.